The summed E-state index contributed by atoms with van der Waals surface area (Å²) in [5.41, 5.74) is -2.63. The van der Waals surface area contributed by atoms with Gasteiger partial charge in [0.2, 0.25) is 0 Å². The third-order valence-electron chi connectivity index (χ3n) is 5.17. The zero-order valence-electron chi connectivity index (χ0n) is 14.0. The second kappa shape index (κ2) is 5.53. The van der Waals surface area contributed by atoms with Gasteiger partial charge in [0, 0.05) is 21.5 Å². The minimum absolute atomic E-state index is 0.535. The van der Waals surface area contributed by atoms with E-state index in [1.807, 2.05) is 0 Å². The summed E-state index contributed by atoms with van der Waals surface area (Å²) in [6.45, 7) is 0. The highest BCUT2D eigenvalue weighted by atomic mass is 19.2. The van der Waals surface area contributed by atoms with Crippen LogP contribution in [0.4, 0.5) is 35.1 Å². The Bertz CT molecular complexity index is 1580. The summed E-state index contributed by atoms with van der Waals surface area (Å²) >= 11 is 0. The Balaban J connectivity index is 2.14. The molecule has 150 valence electrons. The van der Waals surface area contributed by atoms with Crippen LogP contribution in [0.5, 0.6) is 0 Å². The van der Waals surface area contributed by atoms with Gasteiger partial charge in [-0.05, 0) is 22.9 Å². The van der Waals surface area contributed by atoms with E-state index in [-0.39, 0.29) is 0 Å². The van der Waals surface area contributed by atoms with Gasteiger partial charge in [0.05, 0.1) is 10.8 Å². The zero-order chi connectivity index (χ0) is 21.8. The van der Waals surface area contributed by atoms with Gasteiger partial charge in [-0.25, -0.2) is 35.1 Å². The average molecular weight is 426 g/mol. The van der Waals surface area contributed by atoms with Crippen LogP contribution in [0.1, 0.15) is 0 Å². The van der Waals surface area contributed by atoms with Crippen molar-refractivity contribution in [1.82, 2.24) is 0 Å². The molecule has 0 fully saturated rings. The molecule has 0 aromatic heterocycles. The maximum absolute atomic E-state index is 14.3. The van der Waals surface area contributed by atoms with Gasteiger partial charge < -0.3 is 0 Å². The first kappa shape index (κ1) is 18.5. The van der Waals surface area contributed by atoms with E-state index in [4.69, 9.17) is 0 Å². The molecular weight excluding hydrogens is 424 g/mol. The van der Waals surface area contributed by atoms with Gasteiger partial charge in [-0.15, -0.1) is 0 Å². The SMILES string of the molecule is O=c1c2cc3c(cc2c2c(F)c(F)c(F)c(F)c12)c(=O)c1c(F)c(F)c(F)c(F)c13. The second-order valence-electron chi connectivity index (χ2n) is 6.61. The number of hydrogen-bond donors (Lipinski definition) is 0. The molecule has 0 saturated heterocycles. The Kier molecular flexibility index (Phi) is 3.40. The van der Waals surface area contributed by atoms with Crippen molar-refractivity contribution in [3.63, 3.8) is 0 Å². The zero-order valence-corrected chi connectivity index (χ0v) is 14.0. The first-order chi connectivity index (χ1) is 14.1. The van der Waals surface area contributed by atoms with Crippen molar-refractivity contribution in [2.24, 2.45) is 0 Å². The van der Waals surface area contributed by atoms with Crippen molar-refractivity contribution in [3.05, 3.63) is 79.1 Å². The molecule has 5 rings (SSSR count). The summed E-state index contributed by atoms with van der Waals surface area (Å²) < 4.78 is 111. The highest BCUT2D eigenvalue weighted by molar-refractivity contribution is 6.21. The van der Waals surface area contributed by atoms with Crippen LogP contribution in [-0.4, -0.2) is 0 Å². The van der Waals surface area contributed by atoms with Gasteiger partial charge in [0.25, 0.3) is 0 Å². The van der Waals surface area contributed by atoms with Gasteiger partial charge in [-0.2, -0.15) is 0 Å². The van der Waals surface area contributed by atoms with Crippen LogP contribution in [0.2, 0.25) is 0 Å². The molecule has 0 aliphatic carbocycles. The molecule has 0 bridgehead atoms. The molecule has 2 nitrogen and oxygen atoms in total. The van der Waals surface area contributed by atoms with E-state index in [2.05, 4.69) is 0 Å². The molecular formula is C20H2F8O2. The van der Waals surface area contributed by atoms with E-state index >= 15 is 0 Å². The van der Waals surface area contributed by atoms with Crippen LogP contribution >= 0.6 is 0 Å². The highest BCUT2D eigenvalue weighted by Crippen LogP contribution is 2.37. The van der Waals surface area contributed by atoms with Crippen LogP contribution < -0.4 is 10.9 Å². The van der Waals surface area contributed by atoms with E-state index < -0.39 is 100 Å². The fourth-order valence-electron chi connectivity index (χ4n) is 3.85. The molecule has 30 heavy (non-hydrogen) atoms. The van der Waals surface area contributed by atoms with Crippen molar-refractivity contribution in [2.45, 2.75) is 0 Å². The number of benzene rings is 3. The summed E-state index contributed by atoms with van der Waals surface area (Å²) in [6.07, 6.45) is 0. The Morgan fingerprint density at radius 2 is 0.633 bits per heavy atom. The molecule has 0 heterocycles. The normalized spacial score (nSPS) is 12.3. The topological polar surface area (TPSA) is 34.1 Å². The van der Waals surface area contributed by atoms with Crippen molar-refractivity contribution >= 4 is 43.1 Å². The first-order valence-corrected chi connectivity index (χ1v) is 8.07. The molecule has 0 aliphatic heterocycles. The van der Waals surface area contributed by atoms with Crippen LogP contribution in [0.3, 0.4) is 0 Å². The number of hydrogen-bond acceptors (Lipinski definition) is 2. The molecule has 5 aromatic rings. The fraction of sp³-hybridized carbons (Fsp3) is 0. The molecule has 5 aromatic carbocycles. The predicted molar refractivity (Wildman–Crippen MR) is 91.0 cm³/mol. The van der Waals surface area contributed by atoms with Crippen LogP contribution in [0.15, 0.2) is 21.7 Å². The minimum Gasteiger partial charge on any atom is -0.288 e. The number of fused-ring (bicyclic) bond motifs is 6. The Morgan fingerprint density at radius 1 is 0.367 bits per heavy atom. The third-order valence-corrected chi connectivity index (χ3v) is 5.17. The summed E-state index contributed by atoms with van der Waals surface area (Å²) in [5, 5.41) is -6.48. The molecule has 0 saturated carbocycles. The maximum atomic E-state index is 14.3. The van der Waals surface area contributed by atoms with Crippen molar-refractivity contribution < 1.29 is 35.1 Å². The van der Waals surface area contributed by atoms with Crippen molar-refractivity contribution in [3.8, 4) is 0 Å². The molecule has 0 radical (unpaired) electrons. The molecule has 0 unspecified atom stereocenters. The van der Waals surface area contributed by atoms with Gasteiger partial charge in [-0.3, -0.25) is 9.59 Å². The Labute approximate surface area is 158 Å². The monoisotopic (exact) mass is 426 g/mol. The molecule has 0 aliphatic rings. The summed E-state index contributed by atoms with van der Waals surface area (Å²) in [7, 11) is 0. The van der Waals surface area contributed by atoms with Gasteiger partial charge in [-0.1, -0.05) is 0 Å². The lowest BCUT2D eigenvalue weighted by Crippen LogP contribution is -2.03. The summed E-state index contributed by atoms with van der Waals surface area (Å²) in [4.78, 5) is 25.0. The van der Waals surface area contributed by atoms with Crippen LogP contribution in [0, 0.1) is 46.5 Å². The van der Waals surface area contributed by atoms with Gasteiger partial charge >= 0.3 is 0 Å². The summed E-state index contributed by atoms with van der Waals surface area (Å²) in [5.74, 6) is -16.6. The van der Waals surface area contributed by atoms with Crippen LogP contribution in [-0.2, 0) is 0 Å². The quantitative estimate of drug-likeness (QED) is 0.198. The standard InChI is InChI=1S/C20H2F8O2/c21-11-7-3-1-5-4(2-6(3)20(30)9(7)13(23)17(27)15(11)25)8-10(19(5)29)14(24)18(28)16(26)12(8)22/h1-2H. The van der Waals surface area contributed by atoms with E-state index in [1.165, 1.54) is 0 Å². The third kappa shape index (κ3) is 1.88. The lowest BCUT2D eigenvalue weighted by Gasteiger charge is -2.01. The second-order valence-corrected chi connectivity index (χ2v) is 6.61. The molecule has 10 heteroatoms. The lowest BCUT2D eigenvalue weighted by molar-refractivity contribution is 0.418. The van der Waals surface area contributed by atoms with Gasteiger partial charge in [0.15, 0.2) is 57.4 Å². The van der Waals surface area contributed by atoms with Crippen molar-refractivity contribution in [2.75, 3.05) is 0 Å². The Morgan fingerprint density at radius 3 is 0.933 bits per heavy atom. The van der Waals surface area contributed by atoms with E-state index in [0.717, 1.165) is 0 Å². The molecule has 0 atom stereocenters. The largest absolute Gasteiger partial charge is 0.288 e. The highest BCUT2D eigenvalue weighted by Gasteiger charge is 2.30. The van der Waals surface area contributed by atoms with E-state index in [1.54, 1.807) is 0 Å². The van der Waals surface area contributed by atoms with E-state index in [0.29, 0.717) is 12.1 Å². The maximum Gasteiger partial charge on any atom is 0.198 e. The van der Waals surface area contributed by atoms with E-state index in [9.17, 15) is 44.7 Å². The molecule has 0 N–H and O–H groups in total. The fourth-order valence-corrected chi connectivity index (χ4v) is 3.85. The Hall–Kier alpha value is -3.56. The summed E-state index contributed by atoms with van der Waals surface area (Å²) in [6, 6.07) is 1.43. The average Bonchev–Trinajstić information content (AvgIpc) is 3.18. The molecule has 0 amide bonds. The lowest BCUT2D eigenvalue weighted by atomic mass is 10.1. The van der Waals surface area contributed by atoms with Gasteiger partial charge in [0.1, 0.15) is 0 Å². The van der Waals surface area contributed by atoms with Crippen LogP contribution in [0.25, 0.3) is 43.1 Å². The van der Waals surface area contributed by atoms with Crippen molar-refractivity contribution in [1.29, 1.82) is 0 Å². The minimum atomic E-state index is -2.23. The first-order valence-electron chi connectivity index (χ1n) is 8.07. The predicted octanol–water partition coefficient (Wildman–Crippen LogP) is 5.01. The number of rotatable bonds is 0. The molecule has 0 spiro atoms. The number of halogens is 8. The smallest absolute Gasteiger partial charge is 0.198 e.